The van der Waals surface area contributed by atoms with Gasteiger partial charge in [-0.05, 0) is 31.9 Å². The highest BCUT2D eigenvalue weighted by molar-refractivity contribution is 7.99. The van der Waals surface area contributed by atoms with Gasteiger partial charge in [0.2, 0.25) is 0 Å². The molecule has 1 saturated heterocycles. The van der Waals surface area contributed by atoms with Gasteiger partial charge in [0, 0.05) is 17.5 Å². The van der Waals surface area contributed by atoms with Crippen LogP contribution in [0.1, 0.15) is 24.0 Å². The van der Waals surface area contributed by atoms with Gasteiger partial charge in [-0.15, -0.1) is 0 Å². The summed E-state index contributed by atoms with van der Waals surface area (Å²) in [4.78, 5) is 0. The molecule has 1 unspecified atom stereocenters. The Hall–Kier alpha value is -0.470. The minimum Gasteiger partial charge on any atom is -0.316 e. The summed E-state index contributed by atoms with van der Waals surface area (Å²) in [6, 6.07) is 8.90. The average Bonchev–Trinajstić information content (AvgIpc) is 2.30. The first-order valence-electron chi connectivity index (χ1n) is 5.72. The molecule has 0 spiro atoms. The summed E-state index contributed by atoms with van der Waals surface area (Å²) in [5, 5.41) is 4.28. The highest BCUT2D eigenvalue weighted by Gasteiger charge is 2.12. The lowest BCUT2D eigenvalue weighted by Crippen LogP contribution is -2.31. The number of aryl methyl sites for hydroxylation is 1. The van der Waals surface area contributed by atoms with Crippen molar-refractivity contribution in [2.45, 2.75) is 30.8 Å². The van der Waals surface area contributed by atoms with Crippen LogP contribution in [0.15, 0.2) is 24.3 Å². The van der Waals surface area contributed by atoms with Crippen LogP contribution < -0.4 is 5.32 Å². The molecule has 1 nitrogen and oxygen atoms in total. The predicted molar refractivity (Wildman–Crippen MR) is 68.4 cm³/mol. The first kappa shape index (κ1) is 11.0. The normalized spacial score (nSPS) is 21.5. The first-order chi connectivity index (χ1) is 7.34. The van der Waals surface area contributed by atoms with Gasteiger partial charge in [0.15, 0.2) is 0 Å². The number of thioether (sulfide) groups is 1. The van der Waals surface area contributed by atoms with Gasteiger partial charge in [-0.1, -0.05) is 29.8 Å². The average molecular weight is 221 g/mol. The van der Waals surface area contributed by atoms with Gasteiger partial charge in [-0.25, -0.2) is 0 Å². The van der Waals surface area contributed by atoms with Gasteiger partial charge in [-0.3, -0.25) is 0 Å². The zero-order valence-electron chi connectivity index (χ0n) is 9.33. The Kier molecular flexibility index (Phi) is 4.09. The quantitative estimate of drug-likeness (QED) is 0.842. The molecule has 0 aliphatic carbocycles. The highest BCUT2D eigenvalue weighted by atomic mass is 32.2. The molecule has 2 rings (SSSR count). The third-order valence-electron chi connectivity index (χ3n) is 2.86. The molecule has 0 bridgehead atoms. The maximum absolute atomic E-state index is 3.46. The summed E-state index contributed by atoms with van der Waals surface area (Å²) in [6.07, 6.45) is 2.72. The molecule has 82 valence electrons. The molecule has 0 radical (unpaired) electrons. The van der Waals surface area contributed by atoms with Crippen LogP contribution in [-0.2, 0) is 5.75 Å². The summed E-state index contributed by atoms with van der Waals surface area (Å²) < 4.78 is 0. The zero-order chi connectivity index (χ0) is 10.5. The maximum Gasteiger partial charge on any atom is 0.0187 e. The van der Waals surface area contributed by atoms with Crippen molar-refractivity contribution in [1.29, 1.82) is 0 Å². The van der Waals surface area contributed by atoms with E-state index < -0.39 is 0 Å². The van der Waals surface area contributed by atoms with Crippen molar-refractivity contribution < 1.29 is 0 Å². The molecule has 2 heteroatoms. The number of nitrogens with one attached hydrogen (secondary N) is 1. The van der Waals surface area contributed by atoms with Crippen LogP contribution in [0.3, 0.4) is 0 Å². The summed E-state index contributed by atoms with van der Waals surface area (Å²) in [5.41, 5.74) is 2.80. The molecule has 1 aromatic carbocycles. The van der Waals surface area contributed by atoms with E-state index in [-0.39, 0.29) is 0 Å². The van der Waals surface area contributed by atoms with E-state index in [9.17, 15) is 0 Å². The summed E-state index contributed by atoms with van der Waals surface area (Å²) in [6.45, 7) is 4.54. The van der Waals surface area contributed by atoms with Crippen molar-refractivity contribution in [2.24, 2.45) is 0 Å². The van der Waals surface area contributed by atoms with Crippen LogP contribution in [0.2, 0.25) is 0 Å². The molecular weight excluding hydrogens is 202 g/mol. The molecule has 1 fully saturated rings. The number of rotatable bonds is 3. The van der Waals surface area contributed by atoms with Gasteiger partial charge in [0.05, 0.1) is 0 Å². The number of piperidine rings is 1. The third kappa shape index (κ3) is 3.54. The van der Waals surface area contributed by atoms with E-state index in [1.54, 1.807) is 0 Å². The Balaban J connectivity index is 1.79. The van der Waals surface area contributed by atoms with E-state index >= 15 is 0 Å². The van der Waals surface area contributed by atoms with Gasteiger partial charge in [-0.2, -0.15) is 11.8 Å². The van der Waals surface area contributed by atoms with Crippen LogP contribution in [0.4, 0.5) is 0 Å². The van der Waals surface area contributed by atoms with Gasteiger partial charge < -0.3 is 5.32 Å². The monoisotopic (exact) mass is 221 g/mol. The van der Waals surface area contributed by atoms with Crippen molar-refractivity contribution >= 4 is 11.8 Å². The molecular formula is C13H19NS. The predicted octanol–water partition coefficient (Wildman–Crippen LogP) is 2.98. The molecule has 0 amide bonds. The van der Waals surface area contributed by atoms with Crippen LogP contribution in [-0.4, -0.2) is 18.3 Å². The van der Waals surface area contributed by atoms with E-state index in [1.807, 2.05) is 0 Å². The number of benzene rings is 1. The summed E-state index contributed by atoms with van der Waals surface area (Å²) in [7, 11) is 0. The van der Waals surface area contributed by atoms with Crippen molar-refractivity contribution in [3.05, 3.63) is 35.4 Å². The molecule has 0 aromatic heterocycles. The van der Waals surface area contributed by atoms with Crippen LogP contribution in [0.5, 0.6) is 0 Å². The van der Waals surface area contributed by atoms with Crippen molar-refractivity contribution in [2.75, 3.05) is 13.1 Å². The molecule has 1 aliphatic rings. The highest BCUT2D eigenvalue weighted by Crippen LogP contribution is 2.22. The minimum absolute atomic E-state index is 0.819. The second-order valence-corrected chi connectivity index (χ2v) is 5.55. The Morgan fingerprint density at radius 1 is 1.33 bits per heavy atom. The van der Waals surface area contributed by atoms with Crippen LogP contribution >= 0.6 is 11.8 Å². The third-order valence-corrected chi connectivity index (χ3v) is 4.23. The lowest BCUT2D eigenvalue weighted by Gasteiger charge is -2.22. The Morgan fingerprint density at radius 2 is 2.13 bits per heavy atom. The van der Waals surface area contributed by atoms with E-state index in [1.165, 1.54) is 37.1 Å². The summed E-state index contributed by atoms with van der Waals surface area (Å²) >= 11 is 2.09. The van der Waals surface area contributed by atoms with Crippen LogP contribution in [0, 0.1) is 6.92 Å². The molecule has 15 heavy (non-hydrogen) atoms. The molecule has 1 atom stereocenters. The molecule has 1 N–H and O–H groups in total. The standard InChI is InChI=1S/C13H19NS/c1-11-4-6-12(7-5-11)10-15-13-3-2-8-14-9-13/h4-7,13-14H,2-3,8-10H2,1H3. The SMILES string of the molecule is Cc1ccc(CSC2CCCNC2)cc1. The Labute approximate surface area is 96.7 Å². The first-order valence-corrected chi connectivity index (χ1v) is 6.77. The van der Waals surface area contributed by atoms with Gasteiger partial charge in [0.1, 0.15) is 0 Å². The fraction of sp³-hybridized carbons (Fsp3) is 0.538. The van der Waals surface area contributed by atoms with Crippen molar-refractivity contribution in [3.8, 4) is 0 Å². The minimum atomic E-state index is 0.819. The van der Waals surface area contributed by atoms with Crippen molar-refractivity contribution in [1.82, 2.24) is 5.32 Å². The van der Waals surface area contributed by atoms with E-state index in [0.717, 1.165) is 11.0 Å². The fourth-order valence-corrected chi connectivity index (χ4v) is 3.05. The Morgan fingerprint density at radius 3 is 2.80 bits per heavy atom. The largest absolute Gasteiger partial charge is 0.316 e. The van der Waals surface area contributed by atoms with E-state index in [2.05, 4.69) is 48.3 Å². The van der Waals surface area contributed by atoms with Crippen molar-refractivity contribution in [3.63, 3.8) is 0 Å². The fourth-order valence-electron chi connectivity index (χ4n) is 1.86. The van der Waals surface area contributed by atoms with E-state index in [4.69, 9.17) is 0 Å². The topological polar surface area (TPSA) is 12.0 Å². The molecule has 0 saturated carbocycles. The lowest BCUT2D eigenvalue weighted by molar-refractivity contribution is 0.531. The smallest absolute Gasteiger partial charge is 0.0187 e. The zero-order valence-corrected chi connectivity index (χ0v) is 10.1. The van der Waals surface area contributed by atoms with E-state index in [0.29, 0.717) is 0 Å². The molecule has 1 aromatic rings. The number of hydrogen-bond acceptors (Lipinski definition) is 2. The molecule has 1 aliphatic heterocycles. The second-order valence-electron chi connectivity index (χ2n) is 4.26. The maximum atomic E-state index is 3.46. The van der Waals surface area contributed by atoms with Crippen LogP contribution in [0.25, 0.3) is 0 Å². The Bertz CT molecular complexity index is 288. The van der Waals surface area contributed by atoms with Gasteiger partial charge >= 0.3 is 0 Å². The van der Waals surface area contributed by atoms with Gasteiger partial charge in [0.25, 0.3) is 0 Å². The summed E-state index contributed by atoms with van der Waals surface area (Å²) in [5.74, 6) is 1.16. The molecule has 1 heterocycles. The number of hydrogen-bond donors (Lipinski definition) is 1. The second kappa shape index (κ2) is 5.57. The lowest BCUT2D eigenvalue weighted by atomic mass is 10.2.